The van der Waals surface area contributed by atoms with Gasteiger partial charge in [0, 0.05) is 41.9 Å². The van der Waals surface area contributed by atoms with Gasteiger partial charge in [0.2, 0.25) is 5.91 Å². The molecule has 0 radical (unpaired) electrons. The zero-order valence-electron chi connectivity index (χ0n) is 25.3. The Hall–Kier alpha value is -3.99. The van der Waals surface area contributed by atoms with Gasteiger partial charge in [-0.3, -0.25) is 19.2 Å². The molecule has 0 aliphatic carbocycles. The van der Waals surface area contributed by atoms with Crippen LogP contribution in [0.25, 0.3) is 0 Å². The molecule has 2 aliphatic rings. The summed E-state index contributed by atoms with van der Waals surface area (Å²) < 4.78 is 65.1. The number of nitrogens with zero attached hydrogens (tertiary/aromatic N) is 1. The van der Waals surface area contributed by atoms with E-state index in [1.54, 1.807) is 6.92 Å². The smallest absolute Gasteiger partial charge is 0.481 e. The minimum atomic E-state index is -3.00. The molecule has 47 heavy (non-hydrogen) atoms. The Morgan fingerprint density at radius 1 is 0.851 bits per heavy atom. The molecule has 0 spiro atoms. The van der Waals surface area contributed by atoms with Crippen LogP contribution in [-0.2, 0) is 32.1 Å². The zero-order valence-corrected chi connectivity index (χ0v) is 25.3. The SMILES string of the molecule is CC(CCCCNC(=O)CN(CCNC(=O)c1cc2c(c(C(F)F)c1)COB2O)C(=O)c1cc2c(c(C(F)F)c1)COB2O)C(=O)O. The van der Waals surface area contributed by atoms with Crippen LogP contribution in [0.2, 0.25) is 0 Å². The molecule has 252 valence electrons. The van der Waals surface area contributed by atoms with Crippen molar-refractivity contribution in [2.75, 3.05) is 26.2 Å². The number of hydrogen-bond acceptors (Lipinski definition) is 8. The fourth-order valence-corrected chi connectivity index (χ4v) is 5.35. The van der Waals surface area contributed by atoms with Crippen molar-refractivity contribution in [2.45, 2.75) is 52.3 Å². The largest absolute Gasteiger partial charge is 0.491 e. The van der Waals surface area contributed by atoms with Crippen LogP contribution in [0, 0.1) is 5.92 Å². The van der Waals surface area contributed by atoms with Crippen LogP contribution in [-0.4, -0.2) is 84.2 Å². The number of carbonyl (C=O) groups is 4. The maximum Gasteiger partial charge on any atom is 0.491 e. The number of carboxylic acid groups (broad SMARTS) is 1. The van der Waals surface area contributed by atoms with Gasteiger partial charge in [-0.15, -0.1) is 0 Å². The lowest BCUT2D eigenvalue weighted by Crippen LogP contribution is -2.45. The van der Waals surface area contributed by atoms with E-state index in [0.29, 0.717) is 19.3 Å². The Kier molecular flexibility index (Phi) is 12.0. The van der Waals surface area contributed by atoms with Gasteiger partial charge in [0.15, 0.2) is 0 Å². The molecule has 2 heterocycles. The molecule has 4 rings (SSSR count). The van der Waals surface area contributed by atoms with Crippen molar-refractivity contribution >= 4 is 48.9 Å². The monoisotopic (exact) mass is 665 g/mol. The molecule has 1 unspecified atom stereocenters. The van der Waals surface area contributed by atoms with Crippen LogP contribution in [0.15, 0.2) is 24.3 Å². The highest BCUT2D eigenvalue weighted by molar-refractivity contribution is 6.62. The van der Waals surface area contributed by atoms with Gasteiger partial charge < -0.3 is 40.0 Å². The fraction of sp³-hybridized carbons (Fsp3) is 0.448. The third-order valence-electron chi connectivity index (χ3n) is 8.02. The van der Waals surface area contributed by atoms with E-state index in [1.165, 1.54) is 12.1 Å². The lowest BCUT2D eigenvalue weighted by molar-refractivity contribution is -0.141. The molecule has 3 amide bonds. The maximum atomic E-state index is 13.9. The van der Waals surface area contributed by atoms with Crippen LogP contribution in [0.1, 0.15) is 82.0 Å². The summed E-state index contributed by atoms with van der Waals surface area (Å²) in [6, 6.07) is 4.32. The number of carbonyl (C=O) groups excluding carboxylic acids is 3. The highest BCUT2D eigenvalue weighted by atomic mass is 19.3. The summed E-state index contributed by atoms with van der Waals surface area (Å²) in [5.74, 6) is -3.80. The summed E-state index contributed by atoms with van der Waals surface area (Å²) in [7, 11) is -3.03. The summed E-state index contributed by atoms with van der Waals surface area (Å²) in [5.41, 5.74) is -1.33. The first-order valence-electron chi connectivity index (χ1n) is 14.8. The van der Waals surface area contributed by atoms with E-state index < -0.39 is 74.4 Å². The van der Waals surface area contributed by atoms with Crippen LogP contribution in [0.3, 0.4) is 0 Å². The Balaban J connectivity index is 1.48. The van der Waals surface area contributed by atoms with Gasteiger partial charge in [-0.05, 0) is 59.2 Å². The third kappa shape index (κ3) is 8.68. The van der Waals surface area contributed by atoms with Gasteiger partial charge >= 0.3 is 20.2 Å². The van der Waals surface area contributed by atoms with E-state index in [9.17, 15) is 46.8 Å². The van der Waals surface area contributed by atoms with E-state index in [0.717, 1.165) is 17.0 Å². The number of carboxylic acids is 1. The molecule has 18 heteroatoms. The molecule has 0 aromatic heterocycles. The summed E-state index contributed by atoms with van der Waals surface area (Å²) in [5, 5.41) is 34.2. The molecule has 2 aromatic rings. The molecule has 2 aliphatic heterocycles. The number of nitrogens with one attached hydrogen (secondary N) is 2. The predicted octanol–water partition coefficient (Wildman–Crippen LogP) is 0.877. The number of benzene rings is 2. The van der Waals surface area contributed by atoms with Crippen LogP contribution >= 0.6 is 0 Å². The van der Waals surface area contributed by atoms with Gasteiger partial charge in [-0.1, -0.05) is 13.3 Å². The normalized spacial score (nSPS) is 14.3. The molecule has 0 fully saturated rings. The molecular formula is C29H33B2F4N3O9. The lowest BCUT2D eigenvalue weighted by atomic mass is 9.77. The van der Waals surface area contributed by atoms with E-state index >= 15 is 0 Å². The average Bonchev–Trinajstić information content (AvgIpc) is 3.60. The molecule has 12 nitrogen and oxygen atoms in total. The number of halogens is 4. The first-order chi connectivity index (χ1) is 22.3. The number of unbranched alkanes of at least 4 members (excludes halogenated alkanes) is 1. The molecule has 5 N–H and O–H groups in total. The van der Waals surface area contributed by atoms with E-state index in [2.05, 4.69) is 10.6 Å². The molecule has 2 aromatic carbocycles. The summed E-state index contributed by atoms with van der Waals surface area (Å²) in [4.78, 5) is 51.3. The second-order valence-corrected chi connectivity index (χ2v) is 11.3. The maximum absolute atomic E-state index is 13.9. The van der Waals surface area contributed by atoms with E-state index in [4.69, 9.17) is 14.4 Å². The number of rotatable bonds is 15. The minimum absolute atomic E-state index is 0.0166. The van der Waals surface area contributed by atoms with E-state index in [1.807, 2.05) is 0 Å². The van der Waals surface area contributed by atoms with Gasteiger partial charge in [-0.2, -0.15) is 0 Å². The summed E-state index contributed by atoms with van der Waals surface area (Å²) in [6.07, 6.45) is -4.59. The van der Waals surface area contributed by atoms with Gasteiger partial charge in [-0.25, -0.2) is 17.6 Å². The average molecular weight is 665 g/mol. The predicted molar refractivity (Wildman–Crippen MR) is 159 cm³/mol. The topological polar surface area (TPSA) is 175 Å². The van der Waals surface area contributed by atoms with Crippen molar-refractivity contribution in [1.82, 2.24) is 15.5 Å². The molecule has 0 saturated carbocycles. The van der Waals surface area contributed by atoms with Crippen LogP contribution < -0.4 is 21.6 Å². The lowest BCUT2D eigenvalue weighted by Gasteiger charge is -2.23. The molecular weight excluding hydrogens is 632 g/mol. The number of fused-ring (bicyclic) bond motifs is 2. The van der Waals surface area contributed by atoms with Gasteiger partial charge in [0.1, 0.15) is 0 Å². The number of alkyl halides is 4. The van der Waals surface area contributed by atoms with Crippen molar-refractivity contribution in [1.29, 1.82) is 0 Å². The Morgan fingerprint density at radius 2 is 1.40 bits per heavy atom. The van der Waals surface area contributed by atoms with Crippen molar-refractivity contribution < 1.29 is 61.2 Å². The Morgan fingerprint density at radius 3 is 1.96 bits per heavy atom. The van der Waals surface area contributed by atoms with Crippen molar-refractivity contribution in [3.63, 3.8) is 0 Å². The number of hydrogen-bond donors (Lipinski definition) is 5. The molecule has 1 atom stereocenters. The minimum Gasteiger partial charge on any atom is -0.481 e. The standard InChI is InChI=1S/C29H33B2F4N3O9/c1-15(29(42)43)4-2-3-5-36-24(39)12-38(28(41)17-9-19(26(34)35)21-14-47-31(45)23(21)11-17)7-6-37-27(40)16-8-18(25(32)33)20-13-46-30(44)22(20)10-16/h8-11,15,25-26,44-45H,2-7,12-14H2,1H3,(H,36,39)(H,37,40)(H,42,43). The Labute approximate surface area is 267 Å². The summed E-state index contributed by atoms with van der Waals surface area (Å²) >= 11 is 0. The zero-order chi connectivity index (χ0) is 34.4. The quantitative estimate of drug-likeness (QED) is 0.105. The van der Waals surface area contributed by atoms with Crippen molar-refractivity contribution in [3.8, 4) is 0 Å². The first-order valence-corrected chi connectivity index (χ1v) is 14.8. The van der Waals surface area contributed by atoms with Crippen LogP contribution in [0.4, 0.5) is 17.6 Å². The number of amides is 3. The van der Waals surface area contributed by atoms with Crippen molar-refractivity contribution in [3.05, 3.63) is 57.6 Å². The number of aliphatic carboxylic acids is 1. The Bertz CT molecular complexity index is 1520. The van der Waals surface area contributed by atoms with Gasteiger partial charge in [0.05, 0.1) is 25.7 Å². The van der Waals surface area contributed by atoms with Crippen LogP contribution in [0.5, 0.6) is 0 Å². The summed E-state index contributed by atoms with van der Waals surface area (Å²) in [6.45, 7) is 0.0358. The van der Waals surface area contributed by atoms with E-state index in [-0.39, 0.29) is 66.0 Å². The first kappa shape index (κ1) is 35.9. The molecule has 0 saturated heterocycles. The second-order valence-electron chi connectivity index (χ2n) is 11.3. The van der Waals surface area contributed by atoms with Gasteiger partial charge in [0.25, 0.3) is 24.7 Å². The molecule has 0 bridgehead atoms. The third-order valence-corrected chi connectivity index (χ3v) is 8.02. The highest BCUT2D eigenvalue weighted by Gasteiger charge is 2.35. The van der Waals surface area contributed by atoms with Crippen molar-refractivity contribution in [2.24, 2.45) is 5.92 Å². The highest BCUT2D eigenvalue weighted by Crippen LogP contribution is 2.28. The second kappa shape index (κ2) is 15.7. The fourth-order valence-electron chi connectivity index (χ4n) is 5.35.